The number of rotatable bonds is 17. The van der Waals surface area contributed by atoms with Crippen LogP contribution < -0.4 is 0 Å². The second-order valence-electron chi connectivity index (χ2n) is 6.00. The van der Waals surface area contributed by atoms with Gasteiger partial charge in [-0.3, -0.25) is 13.8 Å². The number of carbonyl (C=O) groups is 1. The maximum atomic E-state index is 12.1. The highest BCUT2D eigenvalue weighted by Gasteiger charge is 2.23. The summed E-state index contributed by atoms with van der Waals surface area (Å²) in [6.45, 7) is 5.17. The standard InChI is InChI=1S/C17H35O6PS/c1-4-6-8-9-10-12-17(18)25-16(14-22-13-11-7-5-2)15-23-24(19,20)21-3/h16H,4-15H2,1-3H3,(H,19,20)/t16-/m0/s1. The summed E-state index contributed by atoms with van der Waals surface area (Å²) in [5.41, 5.74) is 0. The number of thioether (sulfide) groups is 1. The Bertz CT molecular complexity index is 380. The van der Waals surface area contributed by atoms with Crippen LogP contribution in [0.15, 0.2) is 0 Å². The Hall–Kier alpha value is 0.0900. The van der Waals surface area contributed by atoms with Crippen molar-refractivity contribution in [3.8, 4) is 0 Å². The number of ether oxygens (including phenoxy) is 1. The van der Waals surface area contributed by atoms with Gasteiger partial charge in [0.1, 0.15) is 0 Å². The van der Waals surface area contributed by atoms with Gasteiger partial charge in [-0.2, -0.15) is 0 Å². The molecule has 8 heteroatoms. The Morgan fingerprint density at radius 3 is 2.32 bits per heavy atom. The zero-order valence-electron chi connectivity index (χ0n) is 15.9. The molecule has 0 aromatic rings. The van der Waals surface area contributed by atoms with E-state index < -0.39 is 7.82 Å². The third-order valence-corrected chi connectivity index (χ3v) is 5.64. The van der Waals surface area contributed by atoms with Crippen LogP contribution in [0.2, 0.25) is 0 Å². The van der Waals surface area contributed by atoms with Gasteiger partial charge in [0.05, 0.1) is 18.5 Å². The van der Waals surface area contributed by atoms with Gasteiger partial charge in [-0.1, -0.05) is 64.1 Å². The van der Waals surface area contributed by atoms with Crippen molar-refractivity contribution >= 4 is 24.7 Å². The van der Waals surface area contributed by atoms with Crippen molar-refractivity contribution in [1.82, 2.24) is 0 Å². The minimum absolute atomic E-state index is 0.0539. The predicted molar refractivity (Wildman–Crippen MR) is 103 cm³/mol. The molecule has 0 rings (SSSR count). The zero-order valence-corrected chi connectivity index (χ0v) is 17.6. The van der Waals surface area contributed by atoms with E-state index in [2.05, 4.69) is 18.4 Å². The molecule has 6 nitrogen and oxygen atoms in total. The molecular formula is C17H35O6PS. The fourth-order valence-corrected chi connectivity index (χ4v) is 3.64. The Morgan fingerprint density at radius 2 is 1.68 bits per heavy atom. The summed E-state index contributed by atoms with van der Waals surface area (Å²) in [5, 5.41) is -0.229. The first-order valence-electron chi connectivity index (χ1n) is 9.25. The molecule has 0 aromatic heterocycles. The van der Waals surface area contributed by atoms with Crippen molar-refractivity contribution in [2.24, 2.45) is 0 Å². The summed E-state index contributed by atoms with van der Waals surface area (Å²) in [4.78, 5) is 21.5. The van der Waals surface area contributed by atoms with Gasteiger partial charge in [0.15, 0.2) is 5.12 Å². The van der Waals surface area contributed by atoms with Crippen LogP contribution in [0.1, 0.15) is 71.6 Å². The molecule has 25 heavy (non-hydrogen) atoms. The molecule has 0 aliphatic heterocycles. The molecule has 2 atom stereocenters. The lowest BCUT2D eigenvalue weighted by atomic mass is 10.1. The lowest BCUT2D eigenvalue weighted by molar-refractivity contribution is -0.111. The molecular weight excluding hydrogens is 363 g/mol. The number of carbonyl (C=O) groups excluding carboxylic acids is 1. The van der Waals surface area contributed by atoms with E-state index in [9.17, 15) is 14.3 Å². The summed E-state index contributed by atoms with van der Waals surface area (Å²) in [5.74, 6) is 0. The van der Waals surface area contributed by atoms with Gasteiger partial charge in [0, 0.05) is 20.1 Å². The summed E-state index contributed by atoms with van der Waals surface area (Å²) < 4.78 is 26.3. The minimum atomic E-state index is -4.03. The first kappa shape index (κ1) is 25.1. The van der Waals surface area contributed by atoms with Crippen LogP contribution >= 0.6 is 19.6 Å². The van der Waals surface area contributed by atoms with Crippen LogP contribution in [0.5, 0.6) is 0 Å². The van der Waals surface area contributed by atoms with Crippen LogP contribution in [0.4, 0.5) is 0 Å². The second-order valence-corrected chi connectivity index (χ2v) is 8.92. The number of hydrogen-bond donors (Lipinski definition) is 1. The van der Waals surface area contributed by atoms with Gasteiger partial charge in [-0.25, -0.2) is 4.57 Å². The quantitative estimate of drug-likeness (QED) is 0.274. The fraction of sp³-hybridized carbons (Fsp3) is 0.941. The molecule has 0 heterocycles. The lowest BCUT2D eigenvalue weighted by Crippen LogP contribution is -2.21. The monoisotopic (exact) mass is 398 g/mol. The topological polar surface area (TPSA) is 82.1 Å². The summed E-state index contributed by atoms with van der Waals surface area (Å²) in [6.07, 6.45) is 9.17. The van der Waals surface area contributed by atoms with Crippen molar-refractivity contribution in [1.29, 1.82) is 0 Å². The molecule has 0 saturated heterocycles. The van der Waals surface area contributed by atoms with Crippen LogP contribution in [0, 0.1) is 0 Å². The van der Waals surface area contributed by atoms with Crippen molar-refractivity contribution in [2.75, 3.05) is 26.9 Å². The van der Waals surface area contributed by atoms with E-state index in [1.807, 2.05) is 0 Å². The first-order valence-corrected chi connectivity index (χ1v) is 11.6. The highest BCUT2D eigenvalue weighted by molar-refractivity contribution is 8.14. The van der Waals surface area contributed by atoms with Gasteiger partial charge < -0.3 is 9.63 Å². The second kappa shape index (κ2) is 16.3. The highest BCUT2D eigenvalue weighted by Crippen LogP contribution is 2.42. The maximum absolute atomic E-state index is 12.1. The Kier molecular flexibility index (Phi) is 16.3. The number of unbranched alkanes of at least 4 members (excludes halogenated alkanes) is 6. The molecule has 0 spiro atoms. The SMILES string of the molecule is CCCCCCCC(=O)S[C@@H](COCCCCC)COP(=O)(O)OC. The molecule has 0 aliphatic rings. The van der Waals surface area contributed by atoms with E-state index in [0.717, 1.165) is 57.4 Å². The molecule has 1 unspecified atom stereocenters. The smallest absolute Gasteiger partial charge is 0.380 e. The number of phosphoric acid groups is 1. The molecule has 1 N–H and O–H groups in total. The summed E-state index contributed by atoms with van der Waals surface area (Å²) >= 11 is 1.15. The van der Waals surface area contributed by atoms with Crippen molar-refractivity contribution in [3.05, 3.63) is 0 Å². The van der Waals surface area contributed by atoms with Gasteiger partial charge in [0.25, 0.3) is 0 Å². The third-order valence-electron chi connectivity index (χ3n) is 3.63. The number of hydrogen-bond acceptors (Lipinski definition) is 6. The Labute approximate surface area is 157 Å². The van der Waals surface area contributed by atoms with E-state index >= 15 is 0 Å². The largest absolute Gasteiger partial charge is 0.471 e. The average Bonchev–Trinajstić information content (AvgIpc) is 2.59. The van der Waals surface area contributed by atoms with E-state index in [1.165, 1.54) is 12.8 Å². The normalized spacial score (nSPS) is 15.0. The van der Waals surface area contributed by atoms with Gasteiger partial charge in [-0.05, 0) is 12.8 Å². The molecule has 0 fully saturated rings. The Morgan fingerprint density at radius 1 is 1.04 bits per heavy atom. The van der Waals surface area contributed by atoms with Crippen molar-refractivity contribution in [2.45, 2.75) is 76.9 Å². The number of phosphoric ester groups is 1. The average molecular weight is 399 g/mol. The fourth-order valence-electron chi connectivity index (χ4n) is 2.13. The molecule has 0 bridgehead atoms. The van der Waals surface area contributed by atoms with Crippen LogP contribution in [0.3, 0.4) is 0 Å². The predicted octanol–water partition coefficient (Wildman–Crippen LogP) is 4.95. The lowest BCUT2D eigenvalue weighted by Gasteiger charge is -2.17. The molecule has 150 valence electrons. The minimum Gasteiger partial charge on any atom is -0.380 e. The van der Waals surface area contributed by atoms with Gasteiger partial charge >= 0.3 is 7.82 Å². The van der Waals surface area contributed by atoms with Crippen LogP contribution in [-0.2, 0) is 23.1 Å². The van der Waals surface area contributed by atoms with E-state index in [-0.39, 0.29) is 17.0 Å². The van der Waals surface area contributed by atoms with Crippen molar-refractivity contribution < 1.29 is 28.0 Å². The first-order chi connectivity index (χ1) is 11.9. The van der Waals surface area contributed by atoms with E-state index in [4.69, 9.17) is 9.26 Å². The maximum Gasteiger partial charge on any atom is 0.471 e. The van der Waals surface area contributed by atoms with Gasteiger partial charge in [0.2, 0.25) is 0 Å². The molecule has 0 aromatic carbocycles. The molecule has 0 radical (unpaired) electrons. The van der Waals surface area contributed by atoms with Crippen LogP contribution in [0.25, 0.3) is 0 Å². The molecule has 0 amide bonds. The van der Waals surface area contributed by atoms with Crippen molar-refractivity contribution in [3.63, 3.8) is 0 Å². The summed E-state index contributed by atoms with van der Waals surface area (Å²) in [7, 11) is -2.92. The van der Waals surface area contributed by atoms with Gasteiger partial charge in [-0.15, -0.1) is 0 Å². The molecule has 0 saturated carbocycles. The highest BCUT2D eigenvalue weighted by atomic mass is 32.2. The zero-order chi connectivity index (χ0) is 19.0. The van der Waals surface area contributed by atoms with E-state index in [0.29, 0.717) is 19.6 Å². The third kappa shape index (κ3) is 16.0. The van der Waals surface area contributed by atoms with E-state index in [1.54, 1.807) is 0 Å². The summed E-state index contributed by atoms with van der Waals surface area (Å²) in [6, 6.07) is 0. The molecule has 0 aliphatic carbocycles. The van der Waals surface area contributed by atoms with Crippen LogP contribution in [-0.4, -0.2) is 42.2 Å². The Balaban J connectivity index is 4.21.